The van der Waals surface area contributed by atoms with Crippen molar-refractivity contribution in [1.29, 1.82) is 0 Å². The maximum atomic E-state index is 12.9. The molecule has 32 heavy (non-hydrogen) atoms. The van der Waals surface area contributed by atoms with E-state index in [0.29, 0.717) is 26.3 Å². The van der Waals surface area contributed by atoms with Gasteiger partial charge in [0.2, 0.25) is 20.0 Å². The van der Waals surface area contributed by atoms with Crippen LogP contribution in [0.15, 0.2) is 64.4 Å². The SMILES string of the molecule is O=S(=O)(NCC(c1ccccc1)N1CCCC1)c1ccc(S(=O)(=O)N2CCOCC2)cc1. The van der Waals surface area contributed by atoms with Crippen molar-refractivity contribution in [3.63, 3.8) is 0 Å². The van der Waals surface area contributed by atoms with Crippen LogP contribution in [0.5, 0.6) is 0 Å². The molecule has 2 aromatic carbocycles. The smallest absolute Gasteiger partial charge is 0.243 e. The molecule has 10 heteroatoms. The standard InChI is InChI=1S/C22H29N3O5S2/c26-31(27,23-18-22(24-12-4-5-13-24)19-6-2-1-3-7-19)20-8-10-21(11-9-20)32(28,29)25-14-16-30-17-15-25/h1-3,6-11,22-23H,4-5,12-18H2. The number of rotatable bonds is 8. The van der Waals surface area contributed by atoms with Gasteiger partial charge in [0.05, 0.1) is 23.0 Å². The number of hydrogen-bond donors (Lipinski definition) is 1. The van der Waals surface area contributed by atoms with E-state index in [1.54, 1.807) is 0 Å². The molecule has 2 aliphatic heterocycles. The largest absolute Gasteiger partial charge is 0.379 e. The van der Waals surface area contributed by atoms with Crippen molar-refractivity contribution in [2.45, 2.75) is 28.7 Å². The highest BCUT2D eigenvalue weighted by atomic mass is 32.2. The number of morpholine rings is 1. The molecule has 4 rings (SSSR count). The third kappa shape index (κ3) is 5.22. The summed E-state index contributed by atoms with van der Waals surface area (Å²) >= 11 is 0. The topological polar surface area (TPSA) is 96.0 Å². The molecule has 0 bridgehead atoms. The first-order valence-electron chi connectivity index (χ1n) is 10.8. The summed E-state index contributed by atoms with van der Waals surface area (Å²) in [5.41, 5.74) is 1.07. The molecule has 2 heterocycles. The molecule has 0 spiro atoms. The first-order valence-corrected chi connectivity index (χ1v) is 13.8. The molecule has 1 N–H and O–H groups in total. The minimum absolute atomic E-state index is 0.0468. The van der Waals surface area contributed by atoms with Crippen molar-refractivity contribution < 1.29 is 21.6 Å². The van der Waals surface area contributed by atoms with Gasteiger partial charge in [0.15, 0.2) is 0 Å². The van der Waals surface area contributed by atoms with Crippen molar-refractivity contribution >= 4 is 20.0 Å². The van der Waals surface area contributed by atoms with E-state index in [0.717, 1.165) is 31.5 Å². The van der Waals surface area contributed by atoms with E-state index >= 15 is 0 Å². The van der Waals surface area contributed by atoms with Gasteiger partial charge in [-0.3, -0.25) is 4.90 Å². The summed E-state index contributed by atoms with van der Waals surface area (Å²) in [7, 11) is -7.45. The van der Waals surface area contributed by atoms with Crippen molar-refractivity contribution in [1.82, 2.24) is 13.9 Å². The average Bonchev–Trinajstić information content (AvgIpc) is 3.35. The molecule has 2 fully saturated rings. The Hall–Kier alpha value is -1.82. The number of nitrogens with one attached hydrogen (secondary N) is 1. The number of benzene rings is 2. The third-order valence-corrected chi connectivity index (χ3v) is 9.33. The van der Waals surface area contributed by atoms with E-state index in [2.05, 4.69) is 9.62 Å². The lowest BCUT2D eigenvalue weighted by atomic mass is 10.1. The Balaban J connectivity index is 1.48. The lowest BCUT2D eigenvalue weighted by Crippen LogP contribution is -2.40. The van der Waals surface area contributed by atoms with Gasteiger partial charge in [0.1, 0.15) is 0 Å². The van der Waals surface area contributed by atoms with Crippen molar-refractivity contribution in [3.05, 3.63) is 60.2 Å². The maximum absolute atomic E-state index is 12.9. The molecular weight excluding hydrogens is 450 g/mol. The second kappa shape index (κ2) is 9.98. The second-order valence-electron chi connectivity index (χ2n) is 8.01. The number of ether oxygens (including phenoxy) is 1. The summed E-state index contributed by atoms with van der Waals surface area (Å²) in [6.45, 7) is 3.43. The van der Waals surface area contributed by atoms with E-state index in [9.17, 15) is 16.8 Å². The van der Waals surface area contributed by atoms with Gasteiger partial charge in [-0.2, -0.15) is 4.31 Å². The van der Waals surface area contributed by atoms with Gasteiger partial charge in [-0.1, -0.05) is 30.3 Å². The van der Waals surface area contributed by atoms with Gasteiger partial charge in [-0.25, -0.2) is 21.6 Å². The Morgan fingerprint density at radius 2 is 1.41 bits per heavy atom. The zero-order chi connectivity index (χ0) is 22.6. The summed E-state index contributed by atoms with van der Waals surface area (Å²) in [5.74, 6) is 0. The highest BCUT2D eigenvalue weighted by molar-refractivity contribution is 7.89. The van der Waals surface area contributed by atoms with Gasteiger partial charge in [0.25, 0.3) is 0 Å². The van der Waals surface area contributed by atoms with Crippen LogP contribution >= 0.6 is 0 Å². The predicted octanol–water partition coefficient (Wildman–Crippen LogP) is 1.82. The zero-order valence-electron chi connectivity index (χ0n) is 17.9. The van der Waals surface area contributed by atoms with E-state index in [-0.39, 0.29) is 22.4 Å². The molecule has 1 atom stereocenters. The zero-order valence-corrected chi connectivity index (χ0v) is 19.5. The normalized spacial score (nSPS) is 19.8. The molecule has 0 aromatic heterocycles. The molecule has 8 nitrogen and oxygen atoms in total. The van der Waals surface area contributed by atoms with Crippen LogP contribution in [0.25, 0.3) is 0 Å². The minimum atomic E-state index is -3.79. The summed E-state index contributed by atoms with van der Waals surface area (Å²) in [6.07, 6.45) is 2.21. The van der Waals surface area contributed by atoms with Gasteiger partial charge >= 0.3 is 0 Å². The molecule has 174 valence electrons. The average molecular weight is 480 g/mol. The first kappa shape index (κ1) is 23.3. The molecule has 0 saturated carbocycles. The molecule has 0 amide bonds. The lowest BCUT2D eigenvalue weighted by molar-refractivity contribution is 0.0730. The van der Waals surface area contributed by atoms with Crippen LogP contribution in [0.1, 0.15) is 24.4 Å². The van der Waals surface area contributed by atoms with E-state index in [1.165, 1.54) is 28.6 Å². The number of hydrogen-bond acceptors (Lipinski definition) is 6. The lowest BCUT2D eigenvalue weighted by Gasteiger charge is -2.28. The van der Waals surface area contributed by atoms with E-state index in [1.807, 2.05) is 30.3 Å². The number of sulfonamides is 2. The fourth-order valence-corrected chi connectivity index (χ4v) is 6.63. The van der Waals surface area contributed by atoms with Gasteiger partial charge in [-0.05, 0) is 55.8 Å². The van der Waals surface area contributed by atoms with E-state index < -0.39 is 20.0 Å². The molecule has 2 aromatic rings. The predicted molar refractivity (Wildman–Crippen MR) is 121 cm³/mol. The van der Waals surface area contributed by atoms with Crippen molar-refractivity contribution in [3.8, 4) is 0 Å². The van der Waals surface area contributed by atoms with Gasteiger partial charge in [-0.15, -0.1) is 0 Å². The second-order valence-corrected chi connectivity index (χ2v) is 11.7. The highest BCUT2D eigenvalue weighted by Crippen LogP contribution is 2.25. The van der Waals surface area contributed by atoms with Gasteiger partial charge < -0.3 is 4.74 Å². The van der Waals surface area contributed by atoms with E-state index in [4.69, 9.17) is 4.74 Å². The molecule has 0 aliphatic carbocycles. The number of nitrogens with zero attached hydrogens (tertiary/aromatic N) is 2. The van der Waals surface area contributed by atoms with Crippen LogP contribution < -0.4 is 4.72 Å². The van der Waals surface area contributed by atoms with Crippen LogP contribution in [0.3, 0.4) is 0 Å². The summed E-state index contributed by atoms with van der Waals surface area (Å²) in [4.78, 5) is 2.43. The van der Waals surface area contributed by atoms with Crippen molar-refractivity contribution in [2.75, 3.05) is 45.9 Å². The maximum Gasteiger partial charge on any atom is 0.243 e. The summed E-state index contributed by atoms with van der Waals surface area (Å²) in [6, 6.07) is 15.3. The minimum Gasteiger partial charge on any atom is -0.379 e. The fraction of sp³-hybridized carbons (Fsp3) is 0.455. The van der Waals surface area contributed by atoms with Crippen LogP contribution in [0.4, 0.5) is 0 Å². The molecule has 2 aliphatic rings. The van der Waals surface area contributed by atoms with Crippen LogP contribution in [-0.4, -0.2) is 72.0 Å². The quantitative estimate of drug-likeness (QED) is 0.621. The number of likely N-dealkylation sites (tertiary alicyclic amines) is 1. The van der Waals surface area contributed by atoms with Crippen LogP contribution in [0, 0.1) is 0 Å². The Kier molecular flexibility index (Phi) is 7.28. The Labute approximate surface area is 190 Å². The summed E-state index contributed by atoms with van der Waals surface area (Å²) < 4.78 is 60.7. The van der Waals surface area contributed by atoms with Crippen LogP contribution in [0.2, 0.25) is 0 Å². The van der Waals surface area contributed by atoms with Crippen molar-refractivity contribution in [2.24, 2.45) is 0 Å². The van der Waals surface area contributed by atoms with Crippen LogP contribution in [-0.2, 0) is 24.8 Å². The highest BCUT2D eigenvalue weighted by Gasteiger charge is 2.28. The Bertz CT molecular complexity index is 1090. The fourth-order valence-electron chi connectivity index (χ4n) is 4.18. The third-order valence-electron chi connectivity index (χ3n) is 5.97. The Morgan fingerprint density at radius 1 is 0.812 bits per heavy atom. The molecule has 0 radical (unpaired) electrons. The first-order chi connectivity index (χ1) is 15.4. The molecule has 1 unspecified atom stereocenters. The summed E-state index contributed by atoms with van der Waals surface area (Å²) in [5, 5.41) is 0. The Morgan fingerprint density at radius 3 is 2.03 bits per heavy atom. The monoisotopic (exact) mass is 479 g/mol. The molecule has 2 saturated heterocycles. The van der Waals surface area contributed by atoms with Gasteiger partial charge in [0, 0.05) is 25.7 Å². The molecular formula is C22H29N3O5S2.